The summed E-state index contributed by atoms with van der Waals surface area (Å²) in [5.74, 6) is 1.34. The van der Waals surface area contributed by atoms with Crippen LogP contribution in [0.5, 0.6) is 11.5 Å². The second-order valence-corrected chi connectivity index (χ2v) is 6.37. The number of carbonyl (C=O) groups excluding carboxylic acids is 1. The quantitative estimate of drug-likeness (QED) is 0.299. The molecule has 0 saturated heterocycles. The molecule has 25 heavy (non-hydrogen) atoms. The molecule has 0 aromatic heterocycles. The molecule has 132 valence electrons. The van der Waals surface area contributed by atoms with Crippen LogP contribution in [-0.4, -0.2) is 12.9 Å². The highest BCUT2D eigenvalue weighted by molar-refractivity contribution is 6.36. The number of hydrogen-bond donors (Lipinski definition) is 0. The highest BCUT2D eigenvalue weighted by Gasteiger charge is 2.11. The van der Waals surface area contributed by atoms with E-state index in [0.717, 1.165) is 24.8 Å². The minimum atomic E-state index is 0.0343. The van der Waals surface area contributed by atoms with E-state index < -0.39 is 0 Å². The van der Waals surface area contributed by atoms with Crippen molar-refractivity contribution in [1.82, 2.24) is 0 Å². The lowest BCUT2D eigenvalue weighted by Gasteiger charge is -2.09. The summed E-state index contributed by atoms with van der Waals surface area (Å²) in [6, 6.07) is 10.7. The highest BCUT2D eigenvalue weighted by atomic mass is 35.5. The van der Waals surface area contributed by atoms with E-state index in [-0.39, 0.29) is 5.78 Å². The van der Waals surface area contributed by atoms with Crippen LogP contribution in [0.15, 0.2) is 49.2 Å². The van der Waals surface area contributed by atoms with E-state index in [1.807, 2.05) is 18.2 Å². The Labute approximate surface area is 158 Å². The second-order valence-electron chi connectivity index (χ2n) is 5.52. The van der Waals surface area contributed by atoms with Crippen LogP contribution in [0.3, 0.4) is 0 Å². The minimum Gasteiger partial charge on any atom is -0.493 e. The van der Waals surface area contributed by atoms with Gasteiger partial charge in [0.1, 0.15) is 0 Å². The maximum Gasteiger partial charge on any atom is 0.168 e. The Morgan fingerprint density at radius 2 is 1.92 bits per heavy atom. The van der Waals surface area contributed by atoms with Crippen molar-refractivity contribution in [2.45, 2.75) is 25.7 Å². The Kier molecular flexibility index (Phi) is 7.35. The summed E-state index contributed by atoms with van der Waals surface area (Å²) in [6.07, 6.45) is 4.33. The Balaban J connectivity index is 1.87. The molecule has 3 nitrogen and oxygen atoms in total. The van der Waals surface area contributed by atoms with E-state index in [1.165, 1.54) is 6.26 Å². The van der Waals surface area contributed by atoms with Gasteiger partial charge in [0, 0.05) is 17.0 Å². The number of methoxy groups -OCH3 is 1. The fourth-order valence-electron chi connectivity index (χ4n) is 2.52. The summed E-state index contributed by atoms with van der Waals surface area (Å²) in [5, 5.41) is 0.928. The number of aryl methyl sites for hydroxylation is 1. The molecule has 0 radical (unpaired) electrons. The third-order valence-corrected chi connectivity index (χ3v) is 4.34. The summed E-state index contributed by atoms with van der Waals surface area (Å²) < 4.78 is 10.6. The molecular weight excluding hydrogens is 359 g/mol. The molecule has 0 aliphatic rings. The lowest BCUT2D eigenvalue weighted by atomic mass is 10.0. The van der Waals surface area contributed by atoms with Crippen molar-refractivity contribution in [2.75, 3.05) is 7.11 Å². The van der Waals surface area contributed by atoms with Crippen LogP contribution in [0, 0.1) is 0 Å². The van der Waals surface area contributed by atoms with E-state index in [1.54, 1.807) is 25.3 Å². The first-order valence-electron chi connectivity index (χ1n) is 7.98. The fraction of sp³-hybridized carbons (Fsp3) is 0.250. The van der Waals surface area contributed by atoms with Gasteiger partial charge in [-0.15, -0.1) is 0 Å². The van der Waals surface area contributed by atoms with Crippen molar-refractivity contribution < 1.29 is 14.3 Å². The van der Waals surface area contributed by atoms with Crippen molar-refractivity contribution in [3.8, 4) is 11.5 Å². The average molecular weight is 379 g/mol. The maximum absolute atomic E-state index is 12.2. The normalized spacial score (nSPS) is 10.4. The molecule has 0 unspecified atom stereocenters. The Morgan fingerprint density at radius 1 is 1.12 bits per heavy atom. The minimum absolute atomic E-state index is 0.0343. The number of ether oxygens (including phenoxy) is 2. The smallest absolute Gasteiger partial charge is 0.168 e. The molecule has 2 rings (SSSR count). The van der Waals surface area contributed by atoms with Crippen LogP contribution in [-0.2, 0) is 6.42 Å². The summed E-state index contributed by atoms with van der Waals surface area (Å²) in [6.45, 7) is 3.56. The van der Waals surface area contributed by atoms with E-state index in [2.05, 4.69) is 6.58 Å². The van der Waals surface area contributed by atoms with Gasteiger partial charge in [0.25, 0.3) is 0 Å². The standard InChI is InChI=1S/C20H20Cl2O3/c1-3-25-20-12-14(8-11-19(20)24-2)6-4-5-7-18(23)16-10-9-15(21)13-17(16)22/h3,8-13H,1,4-7H2,2H3. The van der Waals surface area contributed by atoms with Gasteiger partial charge in [-0.05, 0) is 55.2 Å². The Morgan fingerprint density at radius 3 is 2.60 bits per heavy atom. The van der Waals surface area contributed by atoms with Gasteiger partial charge in [0.15, 0.2) is 17.3 Å². The van der Waals surface area contributed by atoms with Crippen LogP contribution >= 0.6 is 23.2 Å². The molecule has 0 spiro atoms. The molecule has 0 heterocycles. The third-order valence-electron chi connectivity index (χ3n) is 3.79. The van der Waals surface area contributed by atoms with Crippen molar-refractivity contribution in [1.29, 1.82) is 0 Å². The fourth-order valence-corrected chi connectivity index (χ4v) is 3.04. The van der Waals surface area contributed by atoms with Gasteiger partial charge >= 0.3 is 0 Å². The molecule has 0 bridgehead atoms. The van der Waals surface area contributed by atoms with Crippen LogP contribution in [0.1, 0.15) is 35.2 Å². The van der Waals surface area contributed by atoms with Gasteiger partial charge in [-0.1, -0.05) is 35.8 Å². The number of hydrogen-bond acceptors (Lipinski definition) is 3. The Hall–Kier alpha value is -1.97. The molecule has 0 aliphatic heterocycles. The second kappa shape index (κ2) is 9.50. The summed E-state index contributed by atoms with van der Waals surface area (Å²) in [5.41, 5.74) is 1.65. The van der Waals surface area contributed by atoms with Gasteiger partial charge in [0.2, 0.25) is 0 Å². The number of halogens is 2. The summed E-state index contributed by atoms with van der Waals surface area (Å²) in [7, 11) is 1.60. The van der Waals surface area contributed by atoms with E-state index in [9.17, 15) is 4.79 Å². The SMILES string of the molecule is C=COc1cc(CCCCC(=O)c2ccc(Cl)cc2Cl)ccc1OC. The zero-order valence-corrected chi connectivity index (χ0v) is 15.6. The van der Waals surface area contributed by atoms with Gasteiger partial charge in [-0.25, -0.2) is 0 Å². The largest absolute Gasteiger partial charge is 0.493 e. The molecular formula is C20H20Cl2O3. The number of rotatable bonds is 9. The predicted octanol–water partition coefficient (Wildman–Crippen LogP) is 6.12. The topological polar surface area (TPSA) is 35.5 Å². The molecule has 0 fully saturated rings. The maximum atomic E-state index is 12.2. The predicted molar refractivity (Wildman–Crippen MR) is 102 cm³/mol. The monoisotopic (exact) mass is 378 g/mol. The molecule has 0 atom stereocenters. The molecule has 0 saturated carbocycles. The average Bonchev–Trinajstić information content (AvgIpc) is 2.59. The zero-order chi connectivity index (χ0) is 18.2. The first-order valence-corrected chi connectivity index (χ1v) is 8.73. The van der Waals surface area contributed by atoms with Gasteiger partial charge < -0.3 is 9.47 Å². The zero-order valence-electron chi connectivity index (χ0n) is 14.1. The number of ketones is 1. The first kappa shape index (κ1) is 19.4. The molecule has 0 amide bonds. The van der Waals surface area contributed by atoms with Crippen molar-refractivity contribution >= 4 is 29.0 Å². The lowest BCUT2D eigenvalue weighted by Crippen LogP contribution is -2.00. The molecule has 2 aromatic carbocycles. The number of Topliss-reactive ketones (excluding diaryl/α,β-unsaturated/α-hetero) is 1. The molecule has 5 heteroatoms. The van der Waals surface area contributed by atoms with E-state index in [4.69, 9.17) is 32.7 Å². The van der Waals surface area contributed by atoms with E-state index in [0.29, 0.717) is 33.5 Å². The van der Waals surface area contributed by atoms with Crippen LogP contribution in [0.25, 0.3) is 0 Å². The van der Waals surface area contributed by atoms with Crippen molar-refractivity contribution in [2.24, 2.45) is 0 Å². The molecule has 0 aliphatic carbocycles. The Bertz CT molecular complexity index is 757. The highest BCUT2D eigenvalue weighted by Crippen LogP contribution is 2.29. The van der Waals surface area contributed by atoms with Gasteiger partial charge in [-0.2, -0.15) is 0 Å². The van der Waals surface area contributed by atoms with Crippen LogP contribution in [0.2, 0.25) is 10.0 Å². The van der Waals surface area contributed by atoms with Crippen LogP contribution < -0.4 is 9.47 Å². The molecule has 2 aromatic rings. The number of benzene rings is 2. The van der Waals surface area contributed by atoms with Gasteiger partial charge in [0.05, 0.1) is 18.4 Å². The van der Waals surface area contributed by atoms with Crippen LogP contribution in [0.4, 0.5) is 0 Å². The third kappa shape index (κ3) is 5.52. The van der Waals surface area contributed by atoms with Crippen molar-refractivity contribution in [3.63, 3.8) is 0 Å². The first-order chi connectivity index (χ1) is 12.0. The van der Waals surface area contributed by atoms with Crippen molar-refractivity contribution in [3.05, 3.63) is 70.4 Å². The summed E-state index contributed by atoms with van der Waals surface area (Å²) >= 11 is 11.9. The van der Waals surface area contributed by atoms with E-state index >= 15 is 0 Å². The van der Waals surface area contributed by atoms with Gasteiger partial charge in [-0.3, -0.25) is 4.79 Å². The molecule has 0 N–H and O–H groups in total. The number of unbranched alkanes of at least 4 members (excludes halogenated alkanes) is 1. The summed E-state index contributed by atoms with van der Waals surface area (Å²) in [4.78, 5) is 12.2. The number of carbonyl (C=O) groups is 1. The lowest BCUT2D eigenvalue weighted by molar-refractivity contribution is 0.0979.